The molecule has 12 rings (SSSR count). The molecule has 0 saturated heterocycles. The van der Waals surface area contributed by atoms with Crippen molar-refractivity contribution >= 4 is 58.7 Å². The van der Waals surface area contributed by atoms with Crippen molar-refractivity contribution in [1.82, 2.24) is 15.1 Å². The number of aryl methyl sites for hydroxylation is 6. The topological polar surface area (TPSA) is 192 Å². The molecule has 0 aromatic heterocycles. The number of rotatable bonds is 18. The van der Waals surface area contributed by atoms with E-state index in [-0.39, 0.29) is 218 Å². The van der Waals surface area contributed by atoms with Crippen LogP contribution in [-0.4, -0.2) is 162 Å². The van der Waals surface area contributed by atoms with Gasteiger partial charge in [0.1, 0.15) is 130 Å². The van der Waals surface area contributed by atoms with E-state index in [1.165, 1.54) is 72.8 Å². The first kappa shape index (κ1) is 106. The summed E-state index contributed by atoms with van der Waals surface area (Å²) in [4.78, 5) is 16.2. The predicted molar refractivity (Wildman–Crippen MR) is 423 cm³/mol. The molecule has 0 fully saturated rings. The van der Waals surface area contributed by atoms with Gasteiger partial charge in [0, 0.05) is 32.7 Å². The van der Waals surface area contributed by atoms with Gasteiger partial charge in [0.05, 0.1) is 6.54 Å². The van der Waals surface area contributed by atoms with Crippen LogP contribution in [0.4, 0.5) is 26.3 Å². The lowest BCUT2D eigenvalue weighted by molar-refractivity contribution is -0.127. The fourth-order valence-electron chi connectivity index (χ4n) is 12.3. The molecule has 4 unspecified atom stereocenters. The van der Waals surface area contributed by atoms with Crippen molar-refractivity contribution in [3.63, 3.8) is 0 Å². The van der Waals surface area contributed by atoms with Gasteiger partial charge in [0.15, 0.2) is 11.9 Å². The van der Waals surface area contributed by atoms with Gasteiger partial charge in [0.2, 0.25) is 0 Å². The van der Waals surface area contributed by atoms with Crippen LogP contribution in [0, 0.1) is 34.9 Å². The monoisotopic (exact) mass is 1540 g/mol. The highest BCUT2D eigenvalue weighted by Gasteiger charge is 2.34. The minimum atomic E-state index is -0.781. The van der Waals surface area contributed by atoms with E-state index in [2.05, 4.69) is 5.32 Å². The molecule has 15 nitrogen and oxygen atoms in total. The molecule has 0 amide bonds. The first-order valence-corrected chi connectivity index (χ1v) is 30.5. The maximum absolute atomic E-state index is 13.3. The molecule has 6 heterocycles. The van der Waals surface area contributed by atoms with Gasteiger partial charge in [-0.15, -0.1) is 12.4 Å². The highest BCUT2D eigenvalue weighted by atomic mass is 35.5. The van der Waals surface area contributed by atoms with Crippen LogP contribution in [-0.2, 0) is 43.3 Å². The van der Waals surface area contributed by atoms with Crippen molar-refractivity contribution in [3.05, 3.63) is 177 Å². The van der Waals surface area contributed by atoms with Crippen LogP contribution in [0.25, 0.3) is 0 Å². The highest BCUT2D eigenvalue weighted by molar-refractivity contribution is 7.59. The van der Waals surface area contributed by atoms with Gasteiger partial charge in [-0.1, -0.05) is 74.3 Å². The van der Waals surface area contributed by atoms with Crippen LogP contribution in [0.15, 0.2) is 109 Å². The van der Waals surface area contributed by atoms with Crippen molar-refractivity contribution in [2.45, 2.75) is 218 Å². The molecule has 11 atom stereocenters. The number of nitrogens with one attached hydrogen (secondary N) is 1. The molecule has 103 heavy (non-hydrogen) atoms. The Morgan fingerprint density at radius 3 is 0.835 bits per heavy atom. The number of likely N-dealkylation sites (N-methyl/N-ethyl adjacent to an activating group) is 2. The highest BCUT2D eigenvalue weighted by Crippen LogP contribution is 2.35. The van der Waals surface area contributed by atoms with Gasteiger partial charge in [-0.25, -0.2) is 26.3 Å². The summed E-state index contributed by atoms with van der Waals surface area (Å²) in [7, 11) is 3.59. The molecule has 0 bridgehead atoms. The average molecular weight is 1540 g/mol. The number of nitrogens with zero attached hydrogens (tertiary/aromatic N) is 2. The Hall–Kier alpha value is -5.61. The quantitative estimate of drug-likeness (QED) is 0.0445. The van der Waals surface area contributed by atoms with Crippen LogP contribution in [0.1, 0.15) is 146 Å². The molecule has 6 aliphatic rings. The van der Waals surface area contributed by atoms with E-state index in [0.717, 1.165) is 33.4 Å². The maximum Gasteiger partial charge on any atom is 0.187 e. The Morgan fingerprint density at radius 1 is 0.369 bits per heavy atom. The van der Waals surface area contributed by atoms with E-state index >= 15 is 0 Å². The number of hydrogen-bond donors (Lipinski definition) is 6. The second-order valence-corrected chi connectivity index (χ2v) is 24.0. The predicted octanol–water partition coefficient (Wildman–Crippen LogP) is 15.1. The van der Waals surface area contributed by atoms with Gasteiger partial charge in [-0.2, -0.15) is 40.5 Å². The van der Waals surface area contributed by atoms with Gasteiger partial charge < -0.3 is 64.2 Å². The van der Waals surface area contributed by atoms with E-state index in [1.807, 2.05) is 11.9 Å². The van der Waals surface area contributed by atoms with Crippen LogP contribution >= 0.6 is 52.9 Å². The fraction of sp³-hybridized carbons (Fsp3) is 0.526. The summed E-state index contributed by atoms with van der Waals surface area (Å²) < 4.78 is 115. The number of aliphatic hydroxyl groups is 5. The molecule has 0 radical (unpaired) electrons. The van der Waals surface area contributed by atoms with Crippen molar-refractivity contribution in [3.8, 4) is 34.5 Å². The molecule has 590 valence electrons. The third-order valence-corrected chi connectivity index (χ3v) is 17.1. The van der Waals surface area contributed by atoms with E-state index in [0.29, 0.717) is 125 Å². The molecular formula is C78H124ClF6N3O12S3. The van der Waals surface area contributed by atoms with Gasteiger partial charge in [0.25, 0.3) is 0 Å². The number of carbonyl (C=O) groups excluding carboxylic acids is 1. The zero-order valence-electron chi connectivity index (χ0n) is 51.6. The van der Waals surface area contributed by atoms with Crippen LogP contribution < -0.4 is 33.7 Å². The molecule has 6 N–H and O–H groups in total. The number of halogens is 7. The number of ether oxygens (including phenoxy) is 6. The lowest BCUT2D eigenvalue weighted by atomic mass is 9.98. The molecule has 6 aromatic carbocycles. The number of ketones is 1. The number of carbonyl (C=O) groups is 1. The van der Waals surface area contributed by atoms with Crippen molar-refractivity contribution < 1.29 is 85.1 Å². The van der Waals surface area contributed by atoms with Crippen molar-refractivity contribution in [1.29, 1.82) is 0 Å². The molecule has 0 saturated carbocycles. The summed E-state index contributed by atoms with van der Waals surface area (Å²) in [5.74, 6) is 1.72. The molecule has 6 aromatic rings. The Morgan fingerprint density at radius 2 is 0.583 bits per heavy atom. The number of hydrogen-bond acceptors (Lipinski definition) is 15. The number of aliphatic hydroxyl groups excluding tert-OH is 5. The largest absolute Gasteiger partial charge is 0.487 e. The number of fused-ring (bicyclic) bond motifs is 6. The standard InChI is InChI=1S/C23H27F2NO4.C23H25F2NO4.C22H25F2NO4.10CH4.ClH.3H2S/c2*1-26(12-18(27)22-6-2-14-10-16(24)4-8-20(14)29-22)13-19(28)23-7-3-15-11-17(25)5-9-21(15)30-23;23-15-3-7-19-13(9-15)1-5-21(28-19)17(26)11-25-12-18(27)22-6-2-14-10-16(24)4-8-20(14)29-22;;;;;;;;;;;;;;/h4-5,8-11,18-19,22-23,27-28H,2-3,6-7,12-13H2,1H3;4-5,8-11,18,22-23,27H,2-3,6-7,12-13H2,1H3;3-4,7-10,17-18,21-22,25-27H,1-2,5-6,11-12H2;10*1H4;1H;3*1H2/t18-,19?,22+,23?;18-,22+,23?;17-,18-,21+,22?;;;;;;;;;;;;;;/m111............../s1. The summed E-state index contributed by atoms with van der Waals surface area (Å²) in [6.45, 7) is 1.56. The van der Waals surface area contributed by atoms with Crippen LogP contribution in [0.3, 0.4) is 0 Å². The molecule has 25 heteroatoms. The van der Waals surface area contributed by atoms with E-state index in [9.17, 15) is 56.7 Å². The molecule has 6 aliphatic heterocycles. The van der Waals surface area contributed by atoms with E-state index < -0.39 is 42.7 Å². The second-order valence-electron chi connectivity index (χ2n) is 24.0. The fourth-order valence-corrected chi connectivity index (χ4v) is 12.3. The van der Waals surface area contributed by atoms with Gasteiger partial charge >= 0.3 is 0 Å². The third-order valence-electron chi connectivity index (χ3n) is 17.1. The normalized spacial score (nSPS) is 19.1. The Balaban J connectivity index is -0.000000437. The minimum absolute atomic E-state index is 0. The lowest BCUT2D eigenvalue weighted by Gasteiger charge is -2.34. The minimum Gasteiger partial charge on any atom is -0.487 e. The second kappa shape index (κ2) is 49.3. The van der Waals surface area contributed by atoms with Gasteiger partial charge in [-0.3, -0.25) is 9.69 Å². The van der Waals surface area contributed by atoms with E-state index in [1.54, 1.807) is 48.3 Å². The molecule has 0 aliphatic carbocycles. The van der Waals surface area contributed by atoms with Crippen LogP contribution in [0.5, 0.6) is 34.5 Å². The lowest BCUT2D eigenvalue weighted by Crippen LogP contribution is -2.47. The summed E-state index contributed by atoms with van der Waals surface area (Å²) in [6.07, 6.45) is 1.03. The number of Topliss-reactive ketones (excluding diaryl/α,β-unsaturated/α-hetero) is 1. The summed E-state index contributed by atoms with van der Waals surface area (Å²) in [5, 5.41) is 55.7. The first-order valence-electron chi connectivity index (χ1n) is 30.5. The van der Waals surface area contributed by atoms with Gasteiger partial charge in [-0.05, 0) is 234 Å². The summed E-state index contributed by atoms with van der Waals surface area (Å²) in [5.41, 5.74) is 4.83. The zero-order chi connectivity index (χ0) is 62.9. The Kier molecular flexibility index (Phi) is 50.7. The summed E-state index contributed by atoms with van der Waals surface area (Å²) >= 11 is 0. The third kappa shape index (κ3) is 28.9. The first-order chi connectivity index (χ1) is 42.8. The SMILES string of the molecule is C.C.C.C.C.C.C.C.C.C.CN(CC(=O)C1CCc2cc(F)ccc2O1)C[C@@H](O)[C@@H]1CCc2cc(F)ccc2O1.CN(CC(O)C1CCc2cc(F)ccc2O1)C[C@@H](O)[C@@H]1CCc2cc(F)ccc2O1.Cl.O[C@H](CNC[C@@H](O)[C@@H]1CCc2cc(F)ccc2O1)C1CCc2cc(F)ccc2O1.S.S.S. The molecular weight excluding hydrogens is 1420 g/mol. The zero-order valence-corrected chi connectivity index (χ0v) is 55.5. The summed E-state index contributed by atoms with van der Waals surface area (Å²) in [6, 6.07) is 26.3. The molecule has 0 spiro atoms. The maximum atomic E-state index is 13.3. The van der Waals surface area contributed by atoms with Crippen LogP contribution in [0.2, 0.25) is 0 Å². The smallest absolute Gasteiger partial charge is 0.187 e. The average Bonchev–Trinajstić information content (AvgIpc) is 0.857. The van der Waals surface area contributed by atoms with Crippen molar-refractivity contribution in [2.24, 2.45) is 0 Å². The van der Waals surface area contributed by atoms with E-state index in [4.69, 9.17) is 28.4 Å². The Bertz CT molecular complexity index is 3270. The number of benzene rings is 6. The Labute approximate surface area is 639 Å². The van der Waals surface area contributed by atoms with Crippen molar-refractivity contribution in [2.75, 3.05) is 53.4 Å².